The van der Waals surface area contributed by atoms with Crippen molar-refractivity contribution in [2.45, 2.75) is 6.92 Å². The molecule has 2 N–H and O–H groups in total. The van der Waals surface area contributed by atoms with Gasteiger partial charge < -0.3 is 9.73 Å². The van der Waals surface area contributed by atoms with Gasteiger partial charge in [0.15, 0.2) is 5.11 Å². The molecule has 0 saturated carbocycles. The Morgan fingerprint density at radius 3 is 2.48 bits per heavy atom. The van der Waals surface area contributed by atoms with Crippen LogP contribution in [0.25, 0.3) is 22.1 Å². The highest BCUT2D eigenvalue weighted by Crippen LogP contribution is 2.22. The lowest BCUT2D eigenvalue weighted by molar-refractivity contribution is 0.0977. The van der Waals surface area contributed by atoms with Gasteiger partial charge in [-0.2, -0.15) is 0 Å². The maximum atomic E-state index is 12.4. The molecule has 1 amide bonds. The van der Waals surface area contributed by atoms with Gasteiger partial charge in [-0.3, -0.25) is 10.1 Å². The Hall–Kier alpha value is -3.48. The zero-order valence-corrected chi connectivity index (χ0v) is 18.0. The first-order valence-corrected chi connectivity index (χ1v) is 10.2. The number of hydrogen-bond acceptors (Lipinski definition) is 4. The maximum Gasteiger partial charge on any atom is 0.344 e. The van der Waals surface area contributed by atoms with Crippen molar-refractivity contribution < 1.29 is 9.21 Å². The van der Waals surface area contributed by atoms with E-state index in [1.54, 1.807) is 54.6 Å². The zero-order valence-electron chi connectivity index (χ0n) is 16.4. The second-order valence-corrected chi connectivity index (χ2v) is 7.75. The van der Waals surface area contributed by atoms with Crippen molar-refractivity contribution in [3.8, 4) is 11.1 Å². The number of hydrogen-bond donors (Lipinski definition) is 2. The minimum Gasteiger partial charge on any atom is -0.422 e. The summed E-state index contributed by atoms with van der Waals surface area (Å²) in [6.07, 6.45) is 0. The second kappa shape index (κ2) is 8.71. The standard InChI is InChI=1S/C24H17ClN2O3S/c1-14-6-7-17(13-20(14)25)22(28)27-24(31)26-18-10-8-15(9-11-18)19-12-16-4-2-3-5-21(16)30-23(19)29/h2-13H,1H3,(H2,26,27,28,31). The van der Waals surface area contributed by atoms with Crippen LogP contribution in [0.5, 0.6) is 0 Å². The van der Waals surface area contributed by atoms with E-state index in [9.17, 15) is 9.59 Å². The van der Waals surface area contributed by atoms with Crippen LogP contribution in [0.1, 0.15) is 15.9 Å². The Morgan fingerprint density at radius 1 is 1.00 bits per heavy atom. The molecule has 0 spiro atoms. The summed E-state index contributed by atoms with van der Waals surface area (Å²) in [4.78, 5) is 24.7. The fraction of sp³-hybridized carbons (Fsp3) is 0.0417. The van der Waals surface area contributed by atoms with E-state index in [0.717, 1.165) is 10.9 Å². The van der Waals surface area contributed by atoms with E-state index in [2.05, 4.69) is 10.6 Å². The van der Waals surface area contributed by atoms with E-state index >= 15 is 0 Å². The van der Waals surface area contributed by atoms with Crippen LogP contribution >= 0.6 is 23.8 Å². The third kappa shape index (κ3) is 4.66. The predicted octanol–water partition coefficient (Wildman–Crippen LogP) is 5.55. The molecular formula is C24H17ClN2O3S. The number of carbonyl (C=O) groups is 1. The molecule has 0 aliphatic rings. The molecule has 3 aromatic carbocycles. The molecule has 0 radical (unpaired) electrons. The smallest absolute Gasteiger partial charge is 0.344 e. The summed E-state index contributed by atoms with van der Waals surface area (Å²) in [5.41, 5.74) is 3.30. The number of fused-ring (bicyclic) bond motifs is 1. The van der Waals surface area contributed by atoms with E-state index in [-0.39, 0.29) is 11.0 Å². The Morgan fingerprint density at radius 2 is 1.74 bits per heavy atom. The van der Waals surface area contributed by atoms with E-state index in [4.69, 9.17) is 28.2 Å². The fourth-order valence-electron chi connectivity index (χ4n) is 3.07. The summed E-state index contributed by atoms with van der Waals surface area (Å²) in [5, 5.41) is 7.09. The third-order valence-corrected chi connectivity index (χ3v) is 5.37. The number of rotatable bonds is 3. The first-order valence-electron chi connectivity index (χ1n) is 9.42. The molecule has 0 atom stereocenters. The summed E-state index contributed by atoms with van der Waals surface area (Å²) in [6, 6.07) is 21.3. The van der Waals surface area contributed by atoms with Crippen LogP contribution in [0.4, 0.5) is 5.69 Å². The van der Waals surface area contributed by atoms with Gasteiger partial charge in [0.2, 0.25) is 0 Å². The number of carbonyl (C=O) groups excluding carboxylic acids is 1. The highest BCUT2D eigenvalue weighted by Gasteiger charge is 2.11. The minimum absolute atomic E-state index is 0.152. The topological polar surface area (TPSA) is 71.3 Å². The van der Waals surface area contributed by atoms with Crippen molar-refractivity contribution in [1.29, 1.82) is 0 Å². The first-order chi connectivity index (χ1) is 14.9. The van der Waals surface area contributed by atoms with Gasteiger partial charge in [-0.1, -0.05) is 48.0 Å². The Labute approximate surface area is 188 Å². The van der Waals surface area contributed by atoms with E-state index in [1.807, 2.05) is 25.1 Å². The Kier molecular flexibility index (Phi) is 5.84. The number of nitrogens with one attached hydrogen (secondary N) is 2. The minimum atomic E-state index is -0.404. The summed E-state index contributed by atoms with van der Waals surface area (Å²) in [5.74, 6) is -0.357. The highest BCUT2D eigenvalue weighted by molar-refractivity contribution is 7.80. The summed E-state index contributed by atoms with van der Waals surface area (Å²) in [6.45, 7) is 1.86. The van der Waals surface area contributed by atoms with Crippen LogP contribution in [-0.2, 0) is 0 Å². The lowest BCUT2D eigenvalue weighted by Gasteiger charge is -2.11. The molecule has 1 aromatic heterocycles. The van der Waals surface area contributed by atoms with Gasteiger partial charge in [-0.25, -0.2) is 4.79 Å². The molecule has 0 fully saturated rings. The molecular weight excluding hydrogens is 432 g/mol. The van der Waals surface area contributed by atoms with Crippen LogP contribution < -0.4 is 16.3 Å². The molecule has 4 rings (SSSR count). The lowest BCUT2D eigenvalue weighted by Crippen LogP contribution is -2.34. The normalized spacial score (nSPS) is 10.6. The number of benzene rings is 3. The van der Waals surface area contributed by atoms with Crippen LogP contribution in [0.3, 0.4) is 0 Å². The van der Waals surface area contributed by atoms with Crippen molar-refractivity contribution in [2.75, 3.05) is 5.32 Å². The number of thiocarbonyl (C=S) groups is 1. The van der Waals surface area contributed by atoms with Crippen molar-refractivity contribution in [1.82, 2.24) is 5.32 Å². The monoisotopic (exact) mass is 448 g/mol. The Bertz CT molecular complexity index is 1360. The van der Waals surface area contributed by atoms with Crippen molar-refractivity contribution >= 4 is 51.5 Å². The average molecular weight is 449 g/mol. The maximum absolute atomic E-state index is 12.4. The quantitative estimate of drug-likeness (QED) is 0.317. The van der Waals surface area contributed by atoms with E-state index in [1.165, 1.54) is 0 Å². The highest BCUT2D eigenvalue weighted by atomic mass is 35.5. The van der Waals surface area contributed by atoms with Gasteiger partial charge >= 0.3 is 5.63 Å². The fourth-order valence-corrected chi connectivity index (χ4v) is 3.46. The number of amides is 1. The van der Waals surface area contributed by atoms with Crippen molar-refractivity contribution in [3.63, 3.8) is 0 Å². The lowest BCUT2D eigenvalue weighted by atomic mass is 10.1. The van der Waals surface area contributed by atoms with Gasteiger partial charge in [0.25, 0.3) is 5.91 Å². The molecule has 0 saturated heterocycles. The second-order valence-electron chi connectivity index (χ2n) is 6.93. The van der Waals surface area contributed by atoms with Gasteiger partial charge in [0.1, 0.15) is 5.58 Å². The van der Waals surface area contributed by atoms with E-state index in [0.29, 0.717) is 33.0 Å². The van der Waals surface area contributed by atoms with Gasteiger partial charge in [0, 0.05) is 21.7 Å². The SMILES string of the molecule is Cc1ccc(C(=O)NC(=S)Nc2ccc(-c3cc4ccccc4oc3=O)cc2)cc1Cl. The largest absolute Gasteiger partial charge is 0.422 e. The number of anilines is 1. The van der Waals surface area contributed by atoms with Crippen LogP contribution in [0, 0.1) is 6.92 Å². The average Bonchev–Trinajstić information content (AvgIpc) is 2.75. The van der Waals surface area contributed by atoms with Gasteiger partial charge in [-0.15, -0.1) is 0 Å². The van der Waals surface area contributed by atoms with Crippen molar-refractivity contribution in [3.05, 3.63) is 99.4 Å². The molecule has 31 heavy (non-hydrogen) atoms. The van der Waals surface area contributed by atoms with E-state index < -0.39 is 5.63 Å². The molecule has 0 bridgehead atoms. The zero-order chi connectivity index (χ0) is 22.0. The molecule has 7 heteroatoms. The Balaban J connectivity index is 1.46. The molecule has 0 unspecified atom stereocenters. The molecule has 5 nitrogen and oxygen atoms in total. The first kappa shape index (κ1) is 20.8. The summed E-state index contributed by atoms with van der Waals surface area (Å²) < 4.78 is 5.39. The number of para-hydroxylation sites is 1. The summed E-state index contributed by atoms with van der Waals surface area (Å²) in [7, 11) is 0. The molecule has 1 heterocycles. The van der Waals surface area contributed by atoms with Crippen LogP contribution in [0.2, 0.25) is 5.02 Å². The molecule has 0 aliphatic carbocycles. The van der Waals surface area contributed by atoms with Gasteiger partial charge in [0.05, 0.1) is 5.56 Å². The van der Waals surface area contributed by atoms with Crippen LogP contribution in [0.15, 0.2) is 82.0 Å². The third-order valence-electron chi connectivity index (χ3n) is 4.76. The molecule has 4 aromatic rings. The van der Waals surface area contributed by atoms with Crippen molar-refractivity contribution in [2.24, 2.45) is 0 Å². The summed E-state index contributed by atoms with van der Waals surface area (Å²) >= 11 is 11.3. The molecule has 0 aliphatic heterocycles. The number of halogens is 1. The number of aryl methyl sites for hydroxylation is 1. The molecule has 154 valence electrons. The van der Waals surface area contributed by atoms with Gasteiger partial charge in [-0.05, 0) is 66.7 Å². The predicted molar refractivity (Wildman–Crippen MR) is 128 cm³/mol. The van der Waals surface area contributed by atoms with Crippen LogP contribution in [-0.4, -0.2) is 11.0 Å².